The van der Waals surface area contributed by atoms with E-state index in [4.69, 9.17) is 4.74 Å². The van der Waals surface area contributed by atoms with Crippen molar-refractivity contribution in [3.8, 4) is 5.75 Å². The molecular weight excluding hydrogens is 431 g/mol. The minimum Gasteiger partial charge on any atom is -0.495 e. The molecule has 2 aromatic rings. The number of nitrogens with one attached hydrogen (secondary N) is 1. The molecule has 0 aromatic heterocycles. The van der Waals surface area contributed by atoms with Gasteiger partial charge >= 0.3 is 0 Å². The van der Waals surface area contributed by atoms with E-state index in [0.717, 1.165) is 28.8 Å². The maximum atomic E-state index is 13.8. The lowest BCUT2D eigenvalue weighted by Crippen LogP contribution is -2.45. The lowest BCUT2D eigenvalue weighted by molar-refractivity contribution is -0.126. The van der Waals surface area contributed by atoms with E-state index in [1.54, 1.807) is 0 Å². The number of sulfonamides is 1. The third kappa shape index (κ3) is 4.96. The Bertz CT molecular complexity index is 1120. The van der Waals surface area contributed by atoms with Crippen LogP contribution in [0, 0.1) is 32.5 Å². The van der Waals surface area contributed by atoms with Gasteiger partial charge in [-0.1, -0.05) is 12.1 Å². The van der Waals surface area contributed by atoms with E-state index in [1.165, 1.54) is 23.0 Å². The number of amides is 1. The van der Waals surface area contributed by atoms with Crippen molar-refractivity contribution >= 4 is 15.9 Å². The van der Waals surface area contributed by atoms with E-state index < -0.39 is 21.8 Å². The lowest BCUT2D eigenvalue weighted by Gasteiger charge is -2.32. The van der Waals surface area contributed by atoms with E-state index in [0.29, 0.717) is 12.8 Å². The fourth-order valence-electron chi connectivity index (χ4n) is 4.22. The quantitative estimate of drug-likeness (QED) is 0.703. The van der Waals surface area contributed by atoms with Crippen LogP contribution in [-0.4, -0.2) is 38.8 Å². The third-order valence-corrected chi connectivity index (χ3v) is 8.09. The molecule has 2 atom stereocenters. The van der Waals surface area contributed by atoms with E-state index in [9.17, 15) is 17.6 Å². The number of hydrogen-bond acceptors (Lipinski definition) is 4. The Morgan fingerprint density at radius 3 is 2.53 bits per heavy atom. The zero-order chi connectivity index (χ0) is 23.6. The van der Waals surface area contributed by atoms with Crippen molar-refractivity contribution < 1.29 is 22.3 Å². The van der Waals surface area contributed by atoms with Crippen molar-refractivity contribution in [1.29, 1.82) is 0 Å². The second-order valence-corrected chi connectivity index (χ2v) is 10.4. The summed E-state index contributed by atoms with van der Waals surface area (Å²) in [5.74, 6) is -1.24. The molecule has 0 spiro atoms. The summed E-state index contributed by atoms with van der Waals surface area (Å²) < 4.78 is 46.5. The van der Waals surface area contributed by atoms with Crippen molar-refractivity contribution in [3.63, 3.8) is 0 Å². The highest BCUT2D eigenvalue weighted by Gasteiger charge is 2.35. The number of benzene rings is 2. The number of ether oxygens (including phenoxy) is 1. The predicted molar refractivity (Wildman–Crippen MR) is 122 cm³/mol. The van der Waals surface area contributed by atoms with Gasteiger partial charge in [-0.15, -0.1) is 0 Å². The number of rotatable bonds is 6. The molecule has 1 amide bonds. The molecule has 0 saturated carbocycles. The summed E-state index contributed by atoms with van der Waals surface area (Å²) in [5, 5.41) is 3.05. The van der Waals surface area contributed by atoms with Crippen LogP contribution in [0.25, 0.3) is 0 Å². The number of carbonyl (C=O) groups excluding carboxylic acids is 1. The number of carbonyl (C=O) groups is 1. The molecule has 1 saturated heterocycles. The standard InChI is InChI=1S/C24H31FN2O4S/c1-15-11-17(3)21(12-16(15)2)18(4)26-24(28)19-7-6-10-27(14-19)32(29,30)23-13-20(25)8-9-22(23)31-5/h8-9,11-13,18-19H,6-7,10,14H2,1-5H3,(H,26,28). The summed E-state index contributed by atoms with van der Waals surface area (Å²) >= 11 is 0. The summed E-state index contributed by atoms with van der Waals surface area (Å²) in [5.41, 5.74) is 4.51. The minimum atomic E-state index is -4.00. The van der Waals surface area contributed by atoms with E-state index in [-0.39, 0.29) is 35.7 Å². The molecule has 0 aliphatic carbocycles. The molecule has 2 aromatic carbocycles. The van der Waals surface area contributed by atoms with Crippen LogP contribution in [0.1, 0.15) is 48.1 Å². The molecule has 1 heterocycles. The van der Waals surface area contributed by atoms with Gasteiger partial charge in [0, 0.05) is 13.1 Å². The van der Waals surface area contributed by atoms with Crippen LogP contribution in [0.15, 0.2) is 35.2 Å². The first-order valence-electron chi connectivity index (χ1n) is 10.8. The topological polar surface area (TPSA) is 75.7 Å². The summed E-state index contributed by atoms with van der Waals surface area (Å²) in [6.45, 7) is 8.37. The second kappa shape index (κ2) is 9.58. The lowest BCUT2D eigenvalue weighted by atomic mass is 9.95. The Labute approximate surface area is 189 Å². The largest absolute Gasteiger partial charge is 0.495 e. The first-order chi connectivity index (χ1) is 15.0. The fraction of sp³-hybridized carbons (Fsp3) is 0.458. The van der Waals surface area contributed by atoms with Crippen molar-refractivity contribution in [3.05, 3.63) is 58.4 Å². The Morgan fingerprint density at radius 1 is 1.16 bits per heavy atom. The highest BCUT2D eigenvalue weighted by molar-refractivity contribution is 7.89. The molecule has 0 bridgehead atoms. The van der Waals surface area contributed by atoms with Crippen LogP contribution >= 0.6 is 0 Å². The van der Waals surface area contributed by atoms with Gasteiger partial charge in [-0.25, -0.2) is 12.8 Å². The van der Waals surface area contributed by atoms with E-state index in [2.05, 4.69) is 24.4 Å². The molecular formula is C24H31FN2O4S. The SMILES string of the molecule is COc1ccc(F)cc1S(=O)(=O)N1CCCC(C(=O)NC(C)c2cc(C)c(C)cc2C)C1. The number of nitrogens with zero attached hydrogens (tertiary/aromatic N) is 1. The van der Waals surface area contributed by atoms with Gasteiger partial charge in [-0.05, 0) is 81.0 Å². The molecule has 1 fully saturated rings. The average molecular weight is 463 g/mol. The zero-order valence-corrected chi connectivity index (χ0v) is 20.1. The van der Waals surface area contributed by atoms with Gasteiger partial charge in [-0.2, -0.15) is 4.31 Å². The van der Waals surface area contributed by atoms with Gasteiger partial charge in [0.25, 0.3) is 0 Å². The zero-order valence-electron chi connectivity index (χ0n) is 19.2. The maximum Gasteiger partial charge on any atom is 0.246 e. The van der Waals surface area contributed by atoms with Crippen molar-refractivity contribution in [2.45, 2.75) is 51.5 Å². The van der Waals surface area contributed by atoms with Crippen molar-refractivity contribution in [2.75, 3.05) is 20.2 Å². The predicted octanol–water partition coefficient (Wildman–Crippen LogP) is 4.04. The molecule has 1 aliphatic heterocycles. The minimum absolute atomic E-state index is 0.0481. The first kappa shape index (κ1) is 24.2. The molecule has 1 N–H and O–H groups in total. The normalized spacial score (nSPS) is 18.2. The molecule has 6 nitrogen and oxygen atoms in total. The van der Waals surface area contributed by atoms with Gasteiger partial charge in [0.2, 0.25) is 15.9 Å². The van der Waals surface area contributed by atoms with Gasteiger partial charge < -0.3 is 10.1 Å². The summed E-state index contributed by atoms with van der Waals surface area (Å²) in [4.78, 5) is 12.8. The molecule has 3 rings (SSSR count). The molecule has 2 unspecified atom stereocenters. The van der Waals surface area contributed by atoms with Gasteiger partial charge in [-0.3, -0.25) is 4.79 Å². The van der Waals surface area contributed by atoms with Crippen LogP contribution in [-0.2, 0) is 14.8 Å². The molecule has 174 valence electrons. The number of halogens is 1. The molecule has 8 heteroatoms. The van der Waals surface area contributed by atoms with Crippen LogP contribution < -0.4 is 10.1 Å². The van der Waals surface area contributed by atoms with Gasteiger partial charge in [0.1, 0.15) is 16.5 Å². The molecule has 1 aliphatic rings. The van der Waals surface area contributed by atoms with Crippen molar-refractivity contribution in [1.82, 2.24) is 9.62 Å². The second-order valence-electron chi connectivity index (χ2n) is 8.52. The summed E-state index contributed by atoms with van der Waals surface area (Å²) in [7, 11) is -2.66. The van der Waals surface area contributed by atoms with Gasteiger partial charge in [0.05, 0.1) is 19.1 Å². The van der Waals surface area contributed by atoms with Crippen LogP contribution in [0.4, 0.5) is 4.39 Å². The number of aryl methyl sites for hydroxylation is 3. The number of methoxy groups -OCH3 is 1. The highest BCUT2D eigenvalue weighted by atomic mass is 32.2. The smallest absolute Gasteiger partial charge is 0.246 e. The fourth-order valence-corrected chi connectivity index (χ4v) is 5.92. The average Bonchev–Trinajstić information content (AvgIpc) is 2.76. The Balaban J connectivity index is 1.76. The maximum absolute atomic E-state index is 13.8. The van der Waals surface area contributed by atoms with E-state index in [1.807, 2.05) is 20.8 Å². The first-order valence-corrected chi connectivity index (χ1v) is 12.2. The van der Waals surface area contributed by atoms with Crippen LogP contribution in [0.2, 0.25) is 0 Å². The molecule has 0 radical (unpaired) electrons. The number of piperidine rings is 1. The van der Waals surface area contributed by atoms with Crippen LogP contribution in [0.3, 0.4) is 0 Å². The molecule has 32 heavy (non-hydrogen) atoms. The number of hydrogen-bond donors (Lipinski definition) is 1. The Morgan fingerprint density at radius 2 is 1.84 bits per heavy atom. The van der Waals surface area contributed by atoms with Crippen LogP contribution in [0.5, 0.6) is 5.75 Å². The van der Waals surface area contributed by atoms with E-state index >= 15 is 0 Å². The summed E-state index contributed by atoms with van der Waals surface area (Å²) in [6, 6.07) is 7.40. The van der Waals surface area contributed by atoms with Gasteiger partial charge in [0.15, 0.2) is 0 Å². The third-order valence-electron chi connectivity index (χ3n) is 6.21. The highest BCUT2D eigenvalue weighted by Crippen LogP contribution is 2.31. The monoisotopic (exact) mass is 462 g/mol. The Kier molecular flexibility index (Phi) is 7.25. The Hall–Kier alpha value is -2.45. The summed E-state index contributed by atoms with van der Waals surface area (Å²) in [6.07, 6.45) is 1.14. The van der Waals surface area contributed by atoms with Crippen molar-refractivity contribution in [2.24, 2.45) is 5.92 Å².